The van der Waals surface area contributed by atoms with Crippen LogP contribution in [0.25, 0.3) is 0 Å². The van der Waals surface area contributed by atoms with Gasteiger partial charge in [0.1, 0.15) is 5.82 Å². The highest BCUT2D eigenvalue weighted by molar-refractivity contribution is 5.72. The van der Waals surface area contributed by atoms with Crippen molar-refractivity contribution >= 4 is 5.97 Å². The van der Waals surface area contributed by atoms with E-state index in [4.69, 9.17) is 0 Å². The van der Waals surface area contributed by atoms with Crippen LogP contribution in [-0.2, 0) is 15.7 Å². The largest absolute Gasteiger partial charge is 0.469 e. The van der Waals surface area contributed by atoms with E-state index in [1.165, 1.54) is 13.2 Å². The molecule has 1 aromatic rings. The van der Waals surface area contributed by atoms with Gasteiger partial charge < -0.3 is 10.1 Å². The summed E-state index contributed by atoms with van der Waals surface area (Å²) in [4.78, 5) is 11.5. The van der Waals surface area contributed by atoms with Crippen LogP contribution in [0.2, 0.25) is 0 Å². The second-order valence-corrected chi connectivity index (χ2v) is 4.99. The molecule has 116 valence electrons. The second-order valence-electron chi connectivity index (χ2n) is 4.99. The lowest BCUT2D eigenvalue weighted by molar-refractivity contribution is -0.146. The van der Waals surface area contributed by atoms with Crippen LogP contribution >= 0.6 is 0 Å². The Morgan fingerprint density at radius 2 is 2.10 bits per heavy atom. The first-order valence-electron chi connectivity index (χ1n) is 6.50. The second kappa shape index (κ2) is 6.01. The van der Waals surface area contributed by atoms with Gasteiger partial charge in [0.15, 0.2) is 0 Å². The van der Waals surface area contributed by atoms with E-state index in [0.29, 0.717) is 24.9 Å². The van der Waals surface area contributed by atoms with Gasteiger partial charge in [-0.15, -0.1) is 0 Å². The van der Waals surface area contributed by atoms with E-state index in [1.54, 1.807) is 0 Å². The quantitative estimate of drug-likeness (QED) is 0.674. The number of alkyl halides is 3. The first kappa shape index (κ1) is 15.8. The Bertz CT molecular complexity index is 530. The molecule has 0 amide bonds. The van der Waals surface area contributed by atoms with Gasteiger partial charge in [0.25, 0.3) is 0 Å². The molecule has 0 aliphatic carbocycles. The number of nitrogens with one attached hydrogen (secondary N) is 1. The number of carbonyl (C=O) groups excluding carboxylic acids is 1. The minimum Gasteiger partial charge on any atom is -0.469 e. The summed E-state index contributed by atoms with van der Waals surface area (Å²) in [6, 6.07) is 2.48. The zero-order valence-electron chi connectivity index (χ0n) is 11.3. The zero-order chi connectivity index (χ0) is 15.6. The molecule has 0 bridgehead atoms. The van der Waals surface area contributed by atoms with Crippen molar-refractivity contribution in [1.82, 2.24) is 5.32 Å². The van der Waals surface area contributed by atoms with E-state index in [1.807, 2.05) is 0 Å². The Kier molecular flexibility index (Phi) is 4.51. The van der Waals surface area contributed by atoms with Crippen molar-refractivity contribution in [2.75, 3.05) is 13.7 Å². The number of benzene rings is 1. The molecule has 2 unspecified atom stereocenters. The molecule has 0 aromatic heterocycles. The number of esters is 1. The number of hydrogen-bond donors (Lipinski definition) is 1. The van der Waals surface area contributed by atoms with Gasteiger partial charge in [0.2, 0.25) is 0 Å². The predicted molar refractivity (Wildman–Crippen MR) is 66.9 cm³/mol. The first-order chi connectivity index (χ1) is 9.82. The van der Waals surface area contributed by atoms with Gasteiger partial charge in [0, 0.05) is 6.04 Å². The summed E-state index contributed by atoms with van der Waals surface area (Å²) in [5, 5.41) is 3.07. The summed E-state index contributed by atoms with van der Waals surface area (Å²) in [6.07, 6.45) is -3.75. The number of halogens is 4. The molecule has 1 aliphatic heterocycles. The monoisotopic (exact) mass is 305 g/mol. The van der Waals surface area contributed by atoms with Crippen LogP contribution < -0.4 is 5.32 Å². The van der Waals surface area contributed by atoms with Gasteiger partial charge in [-0.3, -0.25) is 4.79 Å². The number of ether oxygens (including phenoxy) is 1. The lowest BCUT2D eigenvalue weighted by Gasteiger charge is -2.29. The Morgan fingerprint density at radius 3 is 2.67 bits per heavy atom. The minimum absolute atomic E-state index is 0.327. The van der Waals surface area contributed by atoms with Gasteiger partial charge >= 0.3 is 12.1 Å². The third-order valence-electron chi connectivity index (χ3n) is 3.64. The molecule has 0 saturated carbocycles. The van der Waals surface area contributed by atoms with E-state index in [-0.39, 0.29) is 17.9 Å². The van der Waals surface area contributed by atoms with Crippen molar-refractivity contribution in [2.24, 2.45) is 5.92 Å². The van der Waals surface area contributed by atoms with Gasteiger partial charge in [-0.25, -0.2) is 4.39 Å². The maximum atomic E-state index is 13.6. The molecule has 2 rings (SSSR count). The van der Waals surface area contributed by atoms with E-state index >= 15 is 0 Å². The van der Waals surface area contributed by atoms with Crippen molar-refractivity contribution < 1.29 is 27.1 Å². The number of piperidine rings is 1. The summed E-state index contributed by atoms with van der Waals surface area (Å²) >= 11 is 0. The summed E-state index contributed by atoms with van der Waals surface area (Å²) < 4.78 is 55.8. The Hall–Kier alpha value is -1.63. The maximum Gasteiger partial charge on any atom is 0.419 e. The van der Waals surface area contributed by atoms with Crippen LogP contribution in [0.4, 0.5) is 17.6 Å². The fraction of sp³-hybridized carbons (Fsp3) is 0.500. The molecule has 1 aromatic carbocycles. The highest BCUT2D eigenvalue weighted by Gasteiger charge is 2.35. The molecule has 2 atom stereocenters. The SMILES string of the molecule is COC(=O)C1CCNC(c2ccc(C(F)(F)F)c(F)c2)C1. The first-order valence-corrected chi connectivity index (χ1v) is 6.50. The van der Waals surface area contributed by atoms with Crippen molar-refractivity contribution in [3.63, 3.8) is 0 Å². The van der Waals surface area contributed by atoms with Crippen LogP contribution in [0.5, 0.6) is 0 Å². The summed E-state index contributed by atoms with van der Waals surface area (Å²) in [5.74, 6) is -1.98. The molecule has 1 aliphatic rings. The van der Waals surface area contributed by atoms with Crippen LogP contribution in [0.1, 0.15) is 30.0 Å². The molecule has 7 heteroatoms. The van der Waals surface area contributed by atoms with Crippen LogP contribution in [0, 0.1) is 11.7 Å². The standard InChI is InChI=1S/C14H15F4NO2/c1-21-13(20)9-4-5-19-12(7-9)8-2-3-10(11(15)6-8)14(16,17)18/h2-3,6,9,12,19H,4-5,7H2,1H3. The summed E-state index contributed by atoms with van der Waals surface area (Å²) in [6.45, 7) is 0.521. The van der Waals surface area contributed by atoms with E-state index in [9.17, 15) is 22.4 Å². The number of hydrogen-bond acceptors (Lipinski definition) is 3. The number of rotatable bonds is 2. The van der Waals surface area contributed by atoms with E-state index in [2.05, 4.69) is 10.1 Å². The van der Waals surface area contributed by atoms with Crippen molar-refractivity contribution in [3.8, 4) is 0 Å². The van der Waals surface area contributed by atoms with Crippen LogP contribution in [0.3, 0.4) is 0 Å². The minimum atomic E-state index is -4.71. The average Bonchev–Trinajstić information content (AvgIpc) is 2.45. The molecular formula is C14H15F4NO2. The predicted octanol–water partition coefficient (Wildman–Crippen LogP) is 3.06. The van der Waals surface area contributed by atoms with Crippen molar-refractivity contribution in [1.29, 1.82) is 0 Å². The van der Waals surface area contributed by atoms with Gasteiger partial charge in [-0.1, -0.05) is 6.07 Å². The molecule has 0 spiro atoms. The lowest BCUT2D eigenvalue weighted by Crippen LogP contribution is -2.35. The number of methoxy groups -OCH3 is 1. The average molecular weight is 305 g/mol. The van der Waals surface area contributed by atoms with E-state index in [0.717, 1.165) is 12.1 Å². The topological polar surface area (TPSA) is 38.3 Å². The molecule has 21 heavy (non-hydrogen) atoms. The normalized spacial score (nSPS) is 22.9. The van der Waals surface area contributed by atoms with Gasteiger partial charge in [-0.05, 0) is 37.1 Å². The summed E-state index contributed by atoms with van der Waals surface area (Å²) in [7, 11) is 1.29. The Morgan fingerprint density at radius 1 is 1.38 bits per heavy atom. The van der Waals surface area contributed by atoms with Crippen molar-refractivity contribution in [3.05, 3.63) is 35.1 Å². The molecule has 1 fully saturated rings. The maximum absolute atomic E-state index is 13.6. The van der Waals surface area contributed by atoms with E-state index < -0.39 is 17.6 Å². The molecule has 1 N–H and O–H groups in total. The fourth-order valence-corrected chi connectivity index (χ4v) is 2.53. The fourth-order valence-electron chi connectivity index (χ4n) is 2.53. The zero-order valence-corrected chi connectivity index (χ0v) is 11.3. The summed E-state index contributed by atoms with van der Waals surface area (Å²) in [5.41, 5.74) is -0.888. The highest BCUT2D eigenvalue weighted by atomic mass is 19.4. The Labute approximate surface area is 119 Å². The van der Waals surface area contributed by atoms with Crippen molar-refractivity contribution in [2.45, 2.75) is 25.1 Å². The lowest BCUT2D eigenvalue weighted by atomic mass is 9.88. The molecule has 0 radical (unpaired) electrons. The van der Waals surface area contributed by atoms with Crippen LogP contribution in [-0.4, -0.2) is 19.6 Å². The molecule has 1 saturated heterocycles. The Balaban J connectivity index is 2.19. The third-order valence-corrected chi connectivity index (χ3v) is 3.64. The third kappa shape index (κ3) is 3.53. The van der Waals surface area contributed by atoms with Gasteiger partial charge in [0.05, 0.1) is 18.6 Å². The molecular weight excluding hydrogens is 290 g/mol. The molecule has 3 nitrogen and oxygen atoms in total. The van der Waals surface area contributed by atoms with Crippen LogP contribution in [0.15, 0.2) is 18.2 Å². The smallest absolute Gasteiger partial charge is 0.419 e. The highest BCUT2D eigenvalue weighted by Crippen LogP contribution is 2.34. The van der Waals surface area contributed by atoms with Gasteiger partial charge in [-0.2, -0.15) is 13.2 Å². The molecule has 1 heterocycles. The number of carbonyl (C=O) groups is 1.